The van der Waals surface area contributed by atoms with Crippen LogP contribution >= 0.6 is 23.1 Å². The second kappa shape index (κ2) is 7.22. The minimum Gasteiger partial charge on any atom is -0.334 e. The average Bonchev–Trinajstić information content (AvgIpc) is 3.45. The quantitative estimate of drug-likeness (QED) is 0.459. The number of likely N-dealkylation sites (tertiary alicyclic amines) is 1. The lowest BCUT2D eigenvalue weighted by Crippen LogP contribution is -2.31. The lowest BCUT2D eigenvalue weighted by molar-refractivity contribution is -0.129. The van der Waals surface area contributed by atoms with Gasteiger partial charge in [0.2, 0.25) is 5.91 Å². The van der Waals surface area contributed by atoms with Gasteiger partial charge in [-0.3, -0.25) is 9.20 Å². The number of thiophene rings is 1. The molecule has 5 rings (SSSR count). The summed E-state index contributed by atoms with van der Waals surface area (Å²) in [6.45, 7) is 2.93. The Morgan fingerprint density at radius 3 is 3.00 bits per heavy atom. The third-order valence-electron chi connectivity index (χ3n) is 5.34. The molecule has 1 fully saturated rings. The number of nitrogens with zero attached hydrogens (tertiary/aromatic N) is 4. The van der Waals surface area contributed by atoms with Crippen molar-refractivity contribution in [2.24, 2.45) is 0 Å². The zero-order valence-electron chi connectivity index (χ0n) is 15.5. The molecule has 1 unspecified atom stereocenters. The topological polar surface area (TPSA) is 50.5 Å². The fraction of sp³-hybridized carbons (Fsp3) is 0.286. The lowest BCUT2D eigenvalue weighted by atomic mass is 10.1. The molecule has 28 heavy (non-hydrogen) atoms. The second-order valence-corrected chi connectivity index (χ2v) is 8.99. The van der Waals surface area contributed by atoms with E-state index in [9.17, 15) is 4.79 Å². The molecule has 7 heteroatoms. The summed E-state index contributed by atoms with van der Waals surface area (Å²) >= 11 is 3.21. The normalized spacial score (nSPS) is 17.0. The Morgan fingerprint density at radius 2 is 2.14 bits per heavy atom. The molecule has 5 nitrogen and oxygen atoms in total. The molecule has 0 aliphatic carbocycles. The van der Waals surface area contributed by atoms with Crippen LogP contribution < -0.4 is 0 Å². The van der Waals surface area contributed by atoms with Crippen LogP contribution in [0.3, 0.4) is 0 Å². The number of para-hydroxylation sites is 1. The maximum atomic E-state index is 13.0. The van der Waals surface area contributed by atoms with Gasteiger partial charge in [0.25, 0.3) is 0 Å². The third-order valence-corrected chi connectivity index (χ3v) is 7.23. The van der Waals surface area contributed by atoms with Gasteiger partial charge in [0.15, 0.2) is 10.8 Å². The van der Waals surface area contributed by atoms with Crippen molar-refractivity contribution in [1.82, 2.24) is 19.5 Å². The van der Waals surface area contributed by atoms with Crippen molar-refractivity contribution in [2.45, 2.75) is 31.0 Å². The first-order valence-corrected chi connectivity index (χ1v) is 11.3. The standard InChI is InChI=1S/C21H20N4OS2/c1-14-12-19-22-23-21(25(19)16-7-3-2-6-15(14)16)28-13-20(26)24-10-4-8-17(24)18-9-5-11-27-18/h2-3,5-7,9,11-12,17H,4,8,10,13H2,1H3. The fourth-order valence-electron chi connectivity index (χ4n) is 4.02. The maximum Gasteiger partial charge on any atom is 0.233 e. The highest BCUT2D eigenvalue weighted by Gasteiger charge is 2.30. The third kappa shape index (κ3) is 2.99. The van der Waals surface area contributed by atoms with E-state index in [2.05, 4.69) is 57.2 Å². The Labute approximate surface area is 171 Å². The Bertz CT molecular complexity index is 1150. The molecule has 142 valence electrons. The van der Waals surface area contributed by atoms with Crippen LogP contribution in [0.4, 0.5) is 0 Å². The zero-order chi connectivity index (χ0) is 19.1. The van der Waals surface area contributed by atoms with Crippen molar-refractivity contribution in [3.05, 3.63) is 58.3 Å². The van der Waals surface area contributed by atoms with Crippen molar-refractivity contribution in [2.75, 3.05) is 12.3 Å². The van der Waals surface area contributed by atoms with Crippen LogP contribution in [0.15, 0.2) is 53.0 Å². The van der Waals surface area contributed by atoms with Gasteiger partial charge in [-0.05, 0) is 48.9 Å². The largest absolute Gasteiger partial charge is 0.334 e. The van der Waals surface area contributed by atoms with Crippen molar-refractivity contribution >= 4 is 45.6 Å². The molecule has 1 aliphatic heterocycles. The number of rotatable bonds is 4. The average molecular weight is 409 g/mol. The molecule has 4 aromatic rings. The van der Waals surface area contributed by atoms with E-state index in [0.29, 0.717) is 5.75 Å². The summed E-state index contributed by atoms with van der Waals surface area (Å²) in [5.41, 5.74) is 3.08. The zero-order valence-corrected chi connectivity index (χ0v) is 17.2. The lowest BCUT2D eigenvalue weighted by Gasteiger charge is -2.23. The summed E-state index contributed by atoms with van der Waals surface area (Å²) in [5.74, 6) is 0.555. The number of carbonyl (C=O) groups excluding carboxylic acids is 1. The predicted octanol–water partition coefficient (Wildman–Crippen LogP) is 4.71. The summed E-state index contributed by atoms with van der Waals surface area (Å²) in [7, 11) is 0. The van der Waals surface area contributed by atoms with E-state index in [1.165, 1.54) is 27.6 Å². The van der Waals surface area contributed by atoms with E-state index < -0.39 is 0 Å². The Kier molecular flexibility index (Phi) is 4.56. The van der Waals surface area contributed by atoms with Gasteiger partial charge in [0, 0.05) is 16.8 Å². The molecule has 0 saturated carbocycles. The number of aryl methyl sites for hydroxylation is 1. The molecule has 0 radical (unpaired) electrons. The molecule has 1 amide bonds. The van der Waals surface area contributed by atoms with Gasteiger partial charge < -0.3 is 4.90 Å². The summed E-state index contributed by atoms with van der Waals surface area (Å²) in [5, 5.41) is 12.7. The summed E-state index contributed by atoms with van der Waals surface area (Å²) in [6.07, 6.45) is 2.12. The Hall–Kier alpha value is -2.38. The van der Waals surface area contributed by atoms with Crippen molar-refractivity contribution < 1.29 is 4.79 Å². The molecular weight excluding hydrogens is 388 g/mol. The van der Waals surface area contributed by atoms with Crippen molar-refractivity contribution in [3.8, 4) is 0 Å². The number of benzene rings is 1. The number of carbonyl (C=O) groups is 1. The highest BCUT2D eigenvalue weighted by molar-refractivity contribution is 7.99. The first-order chi connectivity index (χ1) is 13.7. The molecule has 0 spiro atoms. The molecule has 0 bridgehead atoms. The number of pyridine rings is 1. The van der Waals surface area contributed by atoms with E-state index in [4.69, 9.17) is 0 Å². The highest BCUT2D eigenvalue weighted by Crippen LogP contribution is 2.35. The Morgan fingerprint density at radius 1 is 1.25 bits per heavy atom. The van der Waals surface area contributed by atoms with Crippen LogP contribution in [0.25, 0.3) is 16.6 Å². The van der Waals surface area contributed by atoms with Crippen LogP contribution in [0, 0.1) is 6.92 Å². The predicted molar refractivity (Wildman–Crippen MR) is 114 cm³/mol. The number of aromatic nitrogens is 3. The molecule has 1 saturated heterocycles. The molecular formula is C21H20N4OS2. The number of thioether (sulfide) groups is 1. The van der Waals surface area contributed by atoms with E-state index in [1.54, 1.807) is 11.3 Å². The smallest absolute Gasteiger partial charge is 0.233 e. The van der Waals surface area contributed by atoms with Crippen LogP contribution in [-0.4, -0.2) is 37.7 Å². The molecule has 1 aliphatic rings. The molecule has 0 N–H and O–H groups in total. The molecule has 4 heterocycles. The van der Waals surface area contributed by atoms with E-state index in [-0.39, 0.29) is 11.9 Å². The number of fused-ring (bicyclic) bond motifs is 3. The number of amides is 1. The minimum atomic E-state index is 0.175. The fourth-order valence-corrected chi connectivity index (χ4v) is 5.73. The van der Waals surface area contributed by atoms with Crippen LogP contribution in [0.5, 0.6) is 0 Å². The molecule has 3 aromatic heterocycles. The van der Waals surface area contributed by atoms with Crippen LogP contribution in [-0.2, 0) is 4.79 Å². The van der Waals surface area contributed by atoms with Gasteiger partial charge in [-0.25, -0.2) is 0 Å². The second-order valence-electron chi connectivity index (χ2n) is 7.07. The van der Waals surface area contributed by atoms with Gasteiger partial charge in [-0.2, -0.15) is 0 Å². The van der Waals surface area contributed by atoms with Gasteiger partial charge >= 0.3 is 0 Å². The number of hydrogen-bond donors (Lipinski definition) is 0. The Balaban J connectivity index is 1.40. The monoisotopic (exact) mass is 408 g/mol. The molecule has 1 atom stereocenters. The van der Waals surface area contributed by atoms with Gasteiger partial charge in [-0.15, -0.1) is 21.5 Å². The van der Waals surface area contributed by atoms with E-state index >= 15 is 0 Å². The maximum absolute atomic E-state index is 13.0. The SMILES string of the molecule is Cc1cc2nnc(SCC(=O)N3CCCC3c3cccs3)n2c2ccccc12. The van der Waals surface area contributed by atoms with Gasteiger partial charge in [0.05, 0.1) is 17.3 Å². The van der Waals surface area contributed by atoms with Gasteiger partial charge in [0.1, 0.15) is 0 Å². The van der Waals surface area contributed by atoms with E-state index in [0.717, 1.165) is 35.7 Å². The first-order valence-electron chi connectivity index (χ1n) is 9.41. The minimum absolute atomic E-state index is 0.175. The van der Waals surface area contributed by atoms with Crippen LogP contribution in [0.1, 0.15) is 29.3 Å². The van der Waals surface area contributed by atoms with Crippen LogP contribution in [0.2, 0.25) is 0 Å². The summed E-state index contributed by atoms with van der Waals surface area (Å²) < 4.78 is 2.06. The summed E-state index contributed by atoms with van der Waals surface area (Å²) in [6, 6.07) is 14.7. The first kappa shape index (κ1) is 17.7. The van der Waals surface area contributed by atoms with Crippen molar-refractivity contribution in [1.29, 1.82) is 0 Å². The summed E-state index contributed by atoms with van der Waals surface area (Å²) in [4.78, 5) is 16.3. The number of hydrogen-bond acceptors (Lipinski definition) is 5. The van der Waals surface area contributed by atoms with Crippen molar-refractivity contribution in [3.63, 3.8) is 0 Å². The highest BCUT2D eigenvalue weighted by atomic mass is 32.2. The van der Waals surface area contributed by atoms with Gasteiger partial charge in [-0.1, -0.05) is 36.0 Å². The molecule has 1 aromatic carbocycles. The van der Waals surface area contributed by atoms with E-state index in [1.807, 2.05) is 17.0 Å².